The number of nitrogens with one attached hydrogen (secondary N) is 2. The molecule has 0 spiro atoms. The van der Waals surface area contributed by atoms with Crippen LogP contribution in [0.25, 0.3) is 10.8 Å². The molecule has 0 radical (unpaired) electrons. The van der Waals surface area contributed by atoms with Crippen LogP contribution < -0.4 is 10.6 Å². The van der Waals surface area contributed by atoms with Crippen LogP contribution in [0.2, 0.25) is 0 Å². The molecule has 0 fully saturated rings. The van der Waals surface area contributed by atoms with Crippen molar-refractivity contribution >= 4 is 52.5 Å². The number of fused-ring (bicyclic) bond motifs is 1. The van der Waals surface area contributed by atoms with Gasteiger partial charge in [-0.05, 0) is 16.3 Å². The Morgan fingerprint density at radius 3 is 2.72 bits per heavy atom. The normalized spacial score (nSPS) is 11.3. The van der Waals surface area contributed by atoms with Gasteiger partial charge in [0.05, 0.1) is 0 Å². The maximum absolute atomic E-state index is 4.29. The molecular weight excluding hydrogens is 495 g/mol. The summed E-state index contributed by atoms with van der Waals surface area (Å²) in [6.07, 6.45) is 2.67. The third kappa shape index (κ3) is 6.88. The second-order valence-corrected chi connectivity index (χ2v) is 7.52. The van der Waals surface area contributed by atoms with Crippen LogP contribution in [0.1, 0.15) is 18.3 Å². The van der Waals surface area contributed by atoms with Crippen molar-refractivity contribution in [3.05, 3.63) is 60.2 Å². The van der Waals surface area contributed by atoms with E-state index in [1.165, 1.54) is 16.3 Å². The monoisotopic (exact) mass is 524 g/mol. The zero-order valence-corrected chi connectivity index (χ0v) is 20.1. The number of rotatable bonds is 9. The summed E-state index contributed by atoms with van der Waals surface area (Å²) in [6, 6.07) is 15.1. The van der Waals surface area contributed by atoms with Gasteiger partial charge in [0.1, 0.15) is 12.2 Å². The molecule has 0 aliphatic heterocycles. The van der Waals surface area contributed by atoms with E-state index in [0.717, 1.165) is 49.3 Å². The SMILES string of the molecule is CCc1nncn1CCNC(=NC)NCCSCc1cccc2ccccc12.I. The van der Waals surface area contributed by atoms with Gasteiger partial charge in [-0.25, -0.2) is 0 Å². The Labute approximate surface area is 194 Å². The van der Waals surface area contributed by atoms with Gasteiger partial charge < -0.3 is 15.2 Å². The number of thioether (sulfide) groups is 1. The molecule has 1 aromatic heterocycles. The van der Waals surface area contributed by atoms with Gasteiger partial charge in [-0.1, -0.05) is 49.4 Å². The lowest BCUT2D eigenvalue weighted by Gasteiger charge is -2.13. The molecule has 0 saturated carbocycles. The van der Waals surface area contributed by atoms with Crippen LogP contribution in [0.5, 0.6) is 0 Å². The van der Waals surface area contributed by atoms with E-state index in [1.54, 1.807) is 13.4 Å². The average Bonchev–Trinajstić information content (AvgIpc) is 3.19. The van der Waals surface area contributed by atoms with Gasteiger partial charge in [-0.3, -0.25) is 4.99 Å². The van der Waals surface area contributed by atoms with E-state index in [-0.39, 0.29) is 24.0 Å². The Morgan fingerprint density at radius 1 is 1.10 bits per heavy atom. The molecule has 3 aromatic rings. The lowest BCUT2D eigenvalue weighted by molar-refractivity contribution is 0.634. The molecule has 2 aromatic carbocycles. The molecule has 156 valence electrons. The van der Waals surface area contributed by atoms with Crippen molar-refractivity contribution in [2.45, 2.75) is 25.6 Å². The number of hydrogen-bond donors (Lipinski definition) is 2. The summed E-state index contributed by atoms with van der Waals surface area (Å²) in [5.41, 5.74) is 1.39. The number of hydrogen-bond acceptors (Lipinski definition) is 4. The van der Waals surface area contributed by atoms with Crippen molar-refractivity contribution < 1.29 is 0 Å². The molecule has 29 heavy (non-hydrogen) atoms. The van der Waals surface area contributed by atoms with E-state index in [4.69, 9.17) is 0 Å². The number of aromatic nitrogens is 3. The lowest BCUT2D eigenvalue weighted by Crippen LogP contribution is -2.39. The standard InChI is InChI=1S/C21H28N6S.HI/c1-3-20-26-25-16-27(20)13-11-23-21(22-2)24-12-14-28-15-18-9-6-8-17-7-4-5-10-19(17)18;/h4-10,16H,3,11-15H2,1-2H3,(H2,22,23,24);1H. The molecule has 0 aliphatic rings. The van der Waals surface area contributed by atoms with E-state index in [2.05, 4.69) is 79.8 Å². The summed E-state index contributed by atoms with van der Waals surface area (Å²) in [7, 11) is 1.80. The number of aryl methyl sites for hydroxylation is 1. The summed E-state index contributed by atoms with van der Waals surface area (Å²) in [5, 5.41) is 17.4. The zero-order chi connectivity index (χ0) is 19.6. The molecule has 1 heterocycles. The third-order valence-corrected chi connectivity index (χ3v) is 5.56. The van der Waals surface area contributed by atoms with Gasteiger partial charge >= 0.3 is 0 Å². The van der Waals surface area contributed by atoms with E-state index in [0.29, 0.717) is 0 Å². The first kappa shape index (κ1) is 23.5. The molecule has 0 bridgehead atoms. The molecular formula is C21H29IN6S. The van der Waals surface area contributed by atoms with Gasteiger partial charge in [-0.2, -0.15) is 11.8 Å². The highest BCUT2D eigenvalue weighted by Crippen LogP contribution is 2.22. The Kier molecular flexibility index (Phi) is 10.3. The maximum Gasteiger partial charge on any atom is 0.191 e. The lowest BCUT2D eigenvalue weighted by atomic mass is 10.1. The molecule has 2 N–H and O–H groups in total. The van der Waals surface area contributed by atoms with Crippen molar-refractivity contribution in [2.24, 2.45) is 4.99 Å². The van der Waals surface area contributed by atoms with E-state index in [1.807, 2.05) is 11.8 Å². The van der Waals surface area contributed by atoms with Gasteiger partial charge in [0.25, 0.3) is 0 Å². The summed E-state index contributed by atoms with van der Waals surface area (Å²) >= 11 is 1.93. The number of halogens is 1. The average molecular weight is 524 g/mol. The van der Waals surface area contributed by atoms with Crippen molar-refractivity contribution in [1.82, 2.24) is 25.4 Å². The molecule has 6 nitrogen and oxygen atoms in total. The van der Waals surface area contributed by atoms with E-state index < -0.39 is 0 Å². The maximum atomic E-state index is 4.29. The Bertz CT molecular complexity index is 906. The molecule has 0 unspecified atom stereocenters. The van der Waals surface area contributed by atoms with Crippen molar-refractivity contribution in [2.75, 3.05) is 25.9 Å². The van der Waals surface area contributed by atoms with Crippen LogP contribution in [0.4, 0.5) is 0 Å². The fourth-order valence-electron chi connectivity index (χ4n) is 3.10. The van der Waals surface area contributed by atoms with E-state index >= 15 is 0 Å². The van der Waals surface area contributed by atoms with Gasteiger partial charge in [0, 0.05) is 44.6 Å². The number of guanidine groups is 1. The second kappa shape index (κ2) is 12.7. The molecule has 0 amide bonds. The number of nitrogens with zero attached hydrogens (tertiary/aromatic N) is 4. The largest absolute Gasteiger partial charge is 0.356 e. The number of aliphatic imine (C=N–C) groups is 1. The predicted octanol–water partition coefficient (Wildman–Crippen LogP) is 3.71. The van der Waals surface area contributed by atoms with Gasteiger partial charge in [0.15, 0.2) is 5.96 Å². The zero-order valence-electron chi connectivity index (χ0n) is 17.0. The number of benzene rings is 2. The minimum atomic E-state index is 0. The van der Waals surface area contributed by atoms with Crippen LogP contribution in [-0.4, -0.2) is 46.6 Å². The highest BCUT2D eigenvalue weighted by molar-refractivity contribution is 14.0. The predicted molar refractivity (Wildman–Crippen MR) is 134 cm³/mol. The first-order valence-electron chi connectivity index (χ1n) is 9.67. The smallest absolute Gasteiger partial charge is 0.191 e. The van der Waals surface area contributed by atoms with E-state index in [9.17, 15) is 0 Å². The Balaban J connectivity index is 0.00000300. The Morgan fingerprint density at radius 2 is 1.90 bits per heavy atom. The quantitative estimate of drug-likeness (QED) is 0.193. The van der Waals surface area contributed by atoms with Crippen LogP contribution >= 0.6 is 35.7 Å². The van der Waals surface area contributed by atoms with Crippen molar-refractivity contribution in [3.8, 4) is 0 Å². The molecule has 0 atom stereocenters. The van der Waals surface area contributed by atoms with Crippen LogP contribution in [0.3, 0.4) is 0 Å². The van der Waals surface area contributed by atoms with Gasteiger partial charge in [0.2, 0.25) is 0 Å². The Hall–Kier alpha value is -1.81. The summed E-state index contributed by atoms with van der Waals surface area (Å²) in [6.45, 7) is 4.58. The van der Waals surface area contributed by atoms with Crippen LogP contribution in [-0.2, 0) is 18.7 Å². The molecule has 0 saturated heterocycles. The molecule has 8 heteroatoms. The van der Waals surface area contributed by atoms with Crippen LogP contribution in [0.15, 0.2) is 53.8 Å². The third-order valence-electron chi connectivity index (χ3n) is 4.56. The summed E-state index contributed by atoms with van der Waals surface area (Å²) in [4.78, 5) is 4.29. The fraction of sp³-hybridized carbons (Fsp3) is 0.381. The van der Waals surface area contributed by atoms with Crippen LogP contribution in [0, 0.1) is 0 Å². The highest BCUT2D eigenvalue weighted by Gasteiger charge is 2.03. The summed E-state index contributed by atoms with van der Waals surface area (Å²) in [5.74, 6) is 3.88. The van der Waals surface area contributed by atoms with Crippen molar-refractivity contribution in [1.29, 1.82) is 0 Å². The molecule has 0 aliphatic carbocycles. The molecule has 3 rings (SSSR count). The minimum Gasteiger partial charge on any atom is -0.356 e. The van der Waals surface area contributed by atoms with Crippen molar-refractivity contribution in [3.63, 3.8) is 0 Å². The van der Waals surface area contributed by atoms with Gasteiger partial charge in [-0.15, -0.1) is 34.2 Å². The first-order valence-corrected chi connectivity index (χ1v) is 10.8. The highest BCUT2D eigenvalue weighted by atomic mass is 127. The minimum absolute atomic E-state index is 0. The second-order valence-electron chi connectivity index (χ2n) is 6.41. The first-order chi connectivity index (χ1) is 13.8. The fourth-order valence-corrected chi connectivity index (χ4v) is 3.96. The topological polar surface area (TPSA) is 67.1 Å². The summed E-state index contributed by atoms with van der Waals surface area (Å²) < 4.78 is 2.07.